The average molecular weight is 354 g/mol. The van der Waals surface area contributed by atoms with Crippen molar-refractivity contribution in [2.24, 2.45) is 11.8 Å². The predicted molar refractivity (Wildman–Crippen MR) is 102 cm³/mol. The number of aliphatic hydroxyl groups is 1. The van der Waals surface area contributed by atoms with Crippen LogP contribution in [0.3, 0.4) is 0 Å². The molecule has 1 aliphatic heterocycles. The van der Waals surface area contributed by atoms with Gasteiger partial charge in [0.15, 0.2) is 11.4 Å². The number of hydrogen-bond donors (Lipinski definition) is 2. The Bertz CT molecular complexity index is 689. The van der Waals surface area contributed by atoms with Gasteiger partial charge in [0.05, 0.1) is 0 Å². The van der Waals surface area contributed by atoms with Gasteiger partial charge in [-0.15, -0.1) is 0 Å². The van der Waals surface area contributed by atoms with Gasteiger partial charge in [-0.1, -0.05) is 49.6 Å². The van der Waals surface area contributed by atoms with Crippen LogP contribution in [0.5, 0.6) is 0 Å². The van der Waals surface area contributed by atoms with Crippen molar-refractivity contribution in [1.82, 2.24) is 20.1 Å². The summed E-state index contributed by atoms with van der Waals surface area (Å²) in [6.07, 6.45) is 9.86. The van der Waals surface area contributed by atoms with Gasteiger partial charge in [0, 0.05) is 6.54 Å². The van der Waals surface area contributed by atoms with E-state index in [2.05, 4.69) is 10.3 Å². The minimum absolute atomic E-state index is 0.188. The number of rotatable bonds is 5. The second-order valence-corrected chi connectivity index (χ2v) is 7.95. The SMILES string of the molecule is O[C@](c1ccccc1)(c1ncn(CC2CCNCC2)n1)C1CCCCC1. The van der Waals surface area contributed by atoms with Crippen molar-refractivity contribution in [3.63, 3.8) is 0 Å². The van der Waals surface area contributed by atoms with E-state index in [4.69, 9.17) is 5.10 Å². The molecular formula is C21H30N4O. The van der Waals surface area contributed by atoms with Crippen LogP contribution in [0, 0.1) is 11.8 Å². The van der Waals surface area contributed by atoms with Gasteiger partial charge in [-0.05, 0) is 56.2 Å². The summed E-state index contributed by atoms with van der Waals surface area (Å²) in [5.41, 5.74) is -0.160. The average Bonchev–Trinajstić information content (AvgIpc) is 3.18. The van der Waals surface area contributed by atoms with Crippen molar-refractivity contribution in [1.29, 1.82) is 0 Å². The highest BCUT2D eigenvalue weighted by Crippen LogP contribution is 2.42. The van der Waals surface area contributed by atoms with Gasteiger partial charge in [0.1, 0.15) is 6.33 Å². The molecule has 1 aromatic heterocycles. The molecule has 0 spiro atoms. The normalized spacial score (nSPS) is 22.2. The number of aromatic nitrogens is 3. The zero-order chi connectivity index (χ0) is 17.8. The highest BCUT2D eigenvalue weighted by Gasteiger charge is 2.43. The number of nitrogens with one attached hydrogen (secondary N) is 1. The van der Waals surface area contributed by atoms with E-state index in [1.807, 2.05) is 41.3 Å². The molecule has 26 heavy (non-hydrogen) atoms. The van der Waals surface area contributed by atoms with Gasteiger partial charge >= 0.3 is 0 Å². The quantitative estimate of drug-likeness (QED) is 0.866. The molecule has 1 atom stereocenters. The molecule has 1 saturated carbocycles. The predicted octanol–water partition coefficient (Wildman–Crippen LogP) is 3.09. The van der Waals surface area contributed by atoms with Crippen LogP contribution in [-0.4, -0.2) is 33.0 Å². The Balaban J connectivity index is 1.61. The third-order valence-corrected chi connectivity index (χ3v) is 6.19. The van der Waals surface area contributed by atoms with Crippen molar-refractivity contribution < 1.29 is 5.11 Å². The first kappa shape index (κ1) is 17.7. The summed E-state index contributed by atoms with van der Waals surface area (Å²) >= 11 is 0. The van der Waals surface area contributed by atoms with E-state index in [9.17, 15) is 5.11 Å². The first-order valence-corrected chi connectivity index (χ1v) is 10.2. The summed E-state index contributed by atoms with van der Waals surface area (Å²) in [5.74, 6) is 1.41. The lowest BCUT2D eigenvalue weighted by Gasteiger charge is -2.37. The molecule has 0 bridgehead atoms. The number of hydrogen-bond acceptors (Lipinski definition) is 4. The Morgan fingerprint density at radius 3 is 2.50 bits per heavy atom. The maximum atomic E-state index is 11.8. The molecule has 0 unspecified atom stereocenters. The maximum Gasteiger partial charge on any atom is 0.187 e. The van der Waals surface area contributed by atoms with E-state index >= 15 is 0 Å². The van der Waals surface area contributed by atoms with E-state index in [0.29, 0.717) is 11.7 Å². The lowest BCUT2D eigenvalue weighted by Crippen LogP contribution is -2.39. The molecule has 2 N–H and O–H groups in total. The van der Waals surface area contributed by atoms with Crippen molar-refractivity contribution in [3.8, 4) is 0 Å². The molecule has 2 heterocycles. The van der Waals surface area contributed by atoms with Crippen molar-refractivity contribution in [2.45, 2.75) is 57.1 Å². The van der Waals surface area contributed by atoms with Crippen LogP contribution < -0.4 is 5.32 Å². The fraction of sp³-hybridized carbons (Fsp3) is 0.619. The molecule has 1 saturated heterocycles. The Kier molecular flexibility index (Phi) is 5.36. The Labute approximate surface area is 155 Å². The zero-order valence-corrected chi connectivity index (χ0v) is 15.5. The summed E-state index contributed by atoms with van der Waals surface area (Å²) in [6.45, 7) is 3.06. The largest absolute Gasteiger partial charge is 0.377 e. The minimum Gasteiger partial charge on any atom is -0.377 e. The molecule has 2 aromatic rings. The van der Waals surface area contributed by atoms with Gasteiger partial charge in [-0.2, -0.15) is 5.10 Å². The molecule has 5 heteroatoms. The molecule has 2 aliphatic rings. The van der Waals surface area contributed by atoms with Gasteiger partial charge in [0.2, 0.25) is 0 Å². The second-order valence-electron chi connectivity index (χ2n) is 7.95. The molecule has 1 aromatic carbocycles. The van der Waals surface area contributed by atoms with Crippen molar-refractivity contribution in [3.05, 3.63) is 48.0 Å². The van der Waals surface area contributed by atoms with Gasteiger partial charge < -0.3 is 10.4 Å². The topological polar surface area (TPSA) is 63.0 Å². The lowest BCUT2D eigenvalue weighted by molar-refractivity contribution is -0.00862. The molecule has 4 rings (SSSR count). The van der Waals surface area contributed by atoms with Crippen LogP contribution in [0.15, 0.2) is 36.7 Å². The van der Waals surface area contributed by atoms with Crippen LogP contribution in [0.2, 0.25) is 0 Å². The molecule has 5 nitrogen and oxygen atoms in total. The lowest BCUT2D eigenvalue weighted by atomic mass is 9.73. The van der Waals surface area contributed by atoms with E-state index in [0.717, 1.165) is 38.0 Å². The Hall–Kier alpha value is -1.72. The minimum atomic E-state index is -1.08. The third kappa shape index (κ3) is 3.55. The summed E-state index contributed by atoms with van der Waals surface area (Å²) in [5, 5.41) is 20.0. The highest BCUT2D eigenvalue weighted by atomic mass is 16.3. The van der Waals surface area contributed by atoms with Crippen LogP contribution in [0.1, 0.15) is 56.3 Å². The summed E-state index contributed by atoms with van der Waals surface area (Å²) in [6, 6.07) is 10.0. The smallest absolute Gasteiger partial charge is 0.187 e. The Morgan fingerprint density at radius 1 is 1.04 bits per heavy atom. The molecule has 140 valence electrons. The van der Waals surface area contributed by atoms with E-state index < -0.39 is 5.60 Å². The first-order chi connectivity index (χ1) is 12.8. The number of nitrogens with zero attached hydrogens (tertiary/aromatic N) is 3. The summed E-state index contributed by atoms with van der Waals surface area (Å²) < 4.78 is 1.95. The van der Waals surface area contributed by atoms with E-state index in [1.54, 1.807) is 0 Å². The van der Waals surface area contributed by atoms with Crippen molar-refractivity contribution in [2.75, 3.05) is 13.1 Å². The molecule has 1 aliphatic carbocycles. The van der Waals surface area contributed by atoms with Gasteiger partial charge in [-0.3, -0.25) is 4.68 Å². The summed E-state index contributed by atoms with van der Waals surface area (Å²) in [7, 11) is 0. The van der Waals surface area contributed by atoms with Gasteiger partial charge in [0.25, 0.3) is 0 Å². The molecule has 2 fully saturated rings. The molecule has 0 radical (unpaired) electrons. The number of piperidine rings is 1. The molecular weight excluding hydrogens is 324 g/mol. The highest BCUT2D eigenvalue weighted by molar-refractivity contribution is 5.30. The van der Waals surface area contributed by atoms with Crippen LogP contribution in [0.4, 0.5) is 0 Å². The number of benzene rings is 1. The van der Waals surface area contributed by atoms with Crippen molar-refractivity contribution >= 4 is 0 Å². The van der Waals surface area contributed by atoms with Gasteiger partial charge in [-0.25, -0.2) is 4.98 Å². The zero-order valence-electron chi connectivity index (χ0n) is 15.5. The van der Waals surface area contributed by atoms with E-state index in [-0.39, 0.29) is 5.92 Å². The van der Waals surface area contributed by atoms with E-state index in [1.165, 1.54) is 32.1 Å². The molecule has 0 amide bonds. The third-order valence-electron chi connectivity index (χ3n) is 6.19. The van der Waals surface area contributed by atoms with Crippen LogP contribution in [0.25, 0.3) is 0 Å². The van der Waals surface area contributed by atoms with Crippen LogP contribution in [-0.2, 0) is 12.1 Å². The Morgan fingerprint density at radius 2 is 1.77 bits per heavy atom. The second kappa shape index (κ2) is 7.89. The maximum absolute atomic E-state index is 11.8. The monoisotopic (exact) mass is 354 g/mol. The standard InChI is InChI=1S/C21H30N4O/c26-21(18-7-3-1-4-8-18,19-9-5-2-6-10-19)20-23-16-25(24-20)15-17-11-13-22-14-12-17/h1,3-4,7-8,16-17,19,22,26H,2,5-6,9-15H2/t21-/m0/s1. The fourth-order valence-electron chi connectivity index (χ4n) is 4.65. The van der Waals surface area contributed by atoms with Crippen LogP contribution >= 0.6 is 0 Å². The summed E-state index contributed by atoms with van der Waals surface area (Å²) in [4.78, 5) is 4.59. The first-order valence-electron chi connectivity index (χ1n) is 10.2. The fourth-order valence-corrected chi connectivity index (χ4v) is 4.65.